The van der Waals surface area contributed by atoms with E-state index in [-0.39, 0.29) is 17.9 Å². The number of amides is 2. The number of rotatable bonds is 8. The van der Waals surface area contributed by atoms with Crippen molar-refractivity contribution in [3.05, 3.63) is 48.0 Å². The van der Waals surface area contributed by atoms with Gasteiger partial charge in [-0.3, -0.25) is 9.59 Å². The Morgan fingerprint density at radius 1 is 1.19 bits per heavy atom. The Bertz CT molecular complexity index is 761. The minimum Gasteiger partial charge on any atom is -0.475 e. The van der Waals surface area contributed by atoms with Crippen molar-refractivity contribution in [3.8, 4) is 0 Å². The van der Waals surface area contributed by atoms with Crippen LogP contribution in [0, 0.1) is 0 Å². The molecule has 0 heterocycles. The van der Waals surface area contributed by atoms with Crippen LogP contribution in [0.15, 0.2) is 42.5 Å². The summed E-state index contributed by atoms with van der Waals surface area (Å²) in [6, 6.07) is 9.59. The lowest BCUT2D eigenvalue weighted by molar-refractivity contribution is -0.192. The van der Waals surface area contributed by atoms with Crippen LogP contribution in [0.1, 0.15) is 44.6 Å². The van der Waals surface area contributed by atoms with Crippen LogP contribution in [-0.4, -0.2) is 47.2 Å². The summed E-state index contributed by atoms with van der Waals surface area (Å²) in [4.78, 5) is 32.9. The highest BCUT2D eigenvalue weighted by Gasteiger charge is 2.38. The molecular weight excluding hydrogens is 427 g/mol. The normalized spacial score (nSPS) is 16.0. The second kappa shape index (κ2) is 13.5. The van der Waals surface area contributed by atoms with E-state index in [4.69, 9.17) is 15.6 Å². The number of alkyl halides is 3. The molecule has 0 bridgehead atoms. The molecule has 1 fully saturated rings. The number of carboxylic acid groups (broad SMARTS) is 1. The maximum Gasteiger partial charge on any atom is 0.490 e. The molecule has 2 rings (SSSR count). The van der Waals surface area contributed by atoms with Crippen molar-refractivity contribution < 1.29 is 32.7 Å². The van der Waals surface area contributed by atoms with Gasteiger partial charge in [0.25, 0.3) is 0 Å². The number of aryl methyl sites for hydroxylation is 1. The number of nitrogens with one attached hydrogen (secondary N) is 2. The first kappa shape index (κ1) is 27.2. The first-order chi connectivity index (χ1) is 15.0. The van der Waals surface area contributed by atoms with Gasteiger partial charge in [0, 0.05) is 18.2 Å². The van der Waals surface area contributed by atoms with E-state index >= 15 is 0 Å². The summed E-state index contributed by atoms with van der Waals surface area (Å²) in [6.07, 6.45) is 4.23. The summed E-state index contributed by atoms with van der Waals surface area (Å²) in [5.41, 5.74) is 6.84. The molecule has 1 aliphatic rings. The fourth-order valence-corrected chi connectivity index (χ4v) is 3.02. The molecule has 2 amide bonds. The fraction of sp³-hybridized carbons (Fsp3) is 0.500. The van der Waals surface area contributed by atoms with Gasteiger partial charge >= 0.3 is 12.1 Å². The van der Waals surface area contributed by atoms with E-state index in [2.05, 4.69) is 22.8 Å². The highest BCUT2D eigenvalue weighted by molar-refractivity contribution is 5.88. The van der Waals surface area contributed by atoms with Crippen molar-refractivity contribution in [2.45, 2.75) is 69.8 Å². The molecule has 0 aromatic heterocycles. The zero-order valence-electron chi connectivity index (χ0n) is 17.9. The average molecular weight is 457 g/mol. The predicted molar refractivity (Wildman–Crippen MR) is 114 cm³/mol. The van der Waals surface area contributed by atoms with E-state index in [9.17, 15) is 22.8 Å². The summed E-state index contributed by atoms with van der Waals surface area (Å²) in [7, 11) is 0. The molecule has 1 aromatic carbocycles. The fourth-order valence-electron chi connectivity index (χ4n) is 3.02. The monoisotopic (exact) mass is 457 g/mol. The third-order valence-electron chi connectivity index (χ3n) is 4.75. The number of carboxylic acids is 1. The number of nitrogens with two attached hydrogens (primary N) is 1. The number of benzene rings is 1. The predicted octanol–water partition coefficient (Wildman–Crippen LogP) is 2.70. The van der Waals surface area contributed by atoms with E-state index in [1.165, 1.54) is 24.5 Å². The molecule has 5 N–H and O–H groups in total. The van der Waals surface area contributed by atoms with Gasteiger partial charge in [-0.25, -0.2) is 4.79 Å². The lowest BCUT2D eigenvalue weighted by Crippen LogP contribution is -2.43. The Hall–Kier alpha value is -2.88. The highest BCUT2D eigenvalue weighted by Crippen LogP contribution is 2.17. The number of aliphatic carboxylic acids is 1. The Morgan fingerprint density at radius 2 is 1.75 bits per heavy atom. The van der Waals surface area contributed by atoms with E-state index in [1.54, 1.807) is 13.0 Å². The molecule has 1 aliphatic carbocycles. The van der Waals surface area contributed by atoms with Crippen molar-refractivity contribution in [1.29, 1.82) is 0 Å². The zero-order chi connectivity index (χ0) is 24.1. The minimum atomic E-state index is -5.08. The molecular formula is C22H30F3N3O4. The summed E-state index contributed by atoms with van der Waals surface area (Å²) < 4.78 is 31.7. The first-order valence-electron chi connectivity index (χ1n) is 10.4. The van der Waals surface area contributed by atoms with Gasteiger partial charge in [0.2, 0.25) is 11.8 Å². The van der Waals surface area contributed by atoms with Crippen LogP contribution < -0.4 is 16.4 Å². The topological polar surface area (TPSA) is 122 Å². The van der Waals surface area contributed by atoms with Gasteiger partial charge in [-0.1, -0.05) is 49.2 Å². The highest BCUT2D eigenvalue weighted by atomic mass is 19.4. The van der Waals surface area contributed by atoms with Crippen LogP contribution in [0.4, 0.5) is 13.2 Å². The van der Waals surface area contributed by atoms with Gasteiger partial charge in [0.05, 0.1) is 6.04 Å². The number of halogens is 3. The molecule has 1 aromatic rings. The molecule has 0 radical (unpaired) electrons. The van der Waals surface area contributed by atoms with Gasteiger partial charge in [-0.2, -0.15) is 13.2 Å². The van der Waals surface area contributed by atoms with E-state index in [1.807, 2.05) is 18.2 Å². The van der Waals surface area contributed by atoms with Gasteiger partial charge in [-0.05, 0) is 38.2 Å². The summed E-state index contributed by atoms with van der Waals surface area (Å²) in [5, 5.41) is 13.1. The van der Waals surface area contributed by atoms with Crippen LogP contribution in [0.2, 0.25) is 0 Å². The molecule has 0 spiro atoms. The Morgan fingerprint density at radius 3 is 2.25 bits per heavy atom. The standard InChI is InChI=1S/C20H29N3O2.C2HF3O2/c1-15(21)20(25)23-18(12-11-16-7-3-2-4-8-16)13-14-19(24)22-17-9-5-6-10-17;3-2(4,5)1(6)7/h2-4,7-8,13-15,17-18H,5-6,9-12,21H2,1H3,(H,22,24)(H,23,25);(H,6,7)/t15-,18-;/m0./s1. The van der Waals surface area contributed by atoms with Crippen LogP contribution in [0.5, 0.6) is 0 Å². The quantitative estimate of drug-likeness (QED) is 0.447. The number of carbonyl (C=O) groups is 3. The van der Waals surface area contributed by atoms with Crippen molar-refractivity contribution in [1.82, 2.24) is 10.6 Å². The van der Waals surface area contributed by atoms with Crippen LogP contribution in [0.25, 0.3) is 0 Å². The second-order valence-corrected chi connectivity index (χ2v) is 7.58. The van der Waals surface area contributed by atoms with Crippen molar-refractivity contribution in [3.63, 3.8) is 0 Å². The summed E-state index contributed by atoms with van der Waals surface area (Å²) >= 11 is 0. The van der Waals surface area contributed by atoms with Crippen molar-refractivity contribution >= 4 is 17.8 Å². The minimum absolute atomic E-state index is 0.0911. The number of hydrogen-bond donors (Lipinski definition) is 4. The third-order valence-corrected chi connectivity index (χ3v) is 4.75. The average Bonchev–Trinajstić information content (AvgIpc) is 3.23. The van der Waals surface area contributed by atoms with E-state index < -0.39 is 18.2 Å². The molecule has 0 aliphatic heterocycles. The Balaban J connectivity index is 0.000000633. The molecule has 1 saturated carbocycles. The molecule has 0 saturated heterocycles. The van der Waals surface area contributed by atoms with Gasteiger partial charge < -0.3 is 21.5 Å². The van der Waals surface area contributed by atoms with E-state index in [0.717, 1.165) is 25.7 Å². The SMILES string of the molecule is C[C@H](N)C(=O)N[C@H](C=CC(=O)NC1CCCC1)CCc1ccccc1.O=C(O)C(F)(F)F. The van der Waals surface area contributed by atoms with Gasteiger partial charge in [0.15, 0.2) is 0 Å². The molecule has 10 heteroatoms. The summed E-state index contributed by atoms with van der Waals surface area (Å²) in [6.45, 7) is 1.65. The molecule has 7 nitrogen and oxygen atoms in total. The number of hydrogen-bond acceptors (Lipinski definition) is 4. The van der Waals surface area contributed by atoms with Crippen LogP contribution in [-0.2, 0) is 20.8 Å². The Kier molecular flexibility index (Phi) is 11.5. The molecule has 2 atom stereocenters. The molecule has 32 heavy (non-hydrogen) atoms. The van der Waals surface area contributed by atoms with Crippen LogP contribution in [0.3, 0.4) is 0 Å². The zero-order valence-corrected chi connectivity index (χ0v) is 17.9. The van der Waals surface area contributed by atoms with Crippen LogP contribution >= 0.6 is 0 Å². The lowest BCUT2D eigenvalue weighted by atomic mass is 10.0. The second-order valence-electron chi connectivity index (χ2n) is 7.58. The van der Waals surface area contributed by atoms with Gasteiger partial charge in [-0.15, -0.1) is 0 Å². The maximum absolute atomic E-state index is 12.1. The van der Waals surface area contributed by atoms with Crippen molar-refractivity contribution in [2.75, 3.05) is 0 Å². The molecule has 178 valence electrons. The lowest BCUT2D eigenvalue weighted by Gasteiger charge is -2.17. The smallest absolute Gasteiger partial charge is 0.475 e. The summed E-state index contributed by atoms with van der Waals surface area (Å²) in [5.74, 6) is -3.06. The maximum atomic E-state index is 12.1. The van der Waals surface area contributed by atoms with Crippen molar-refractivity contribution in [2.24, 2.45) is 5.73 Å². The first-order valence-corrected chi connectivity index (χ1v) is 10.4. The van der Waals surface area contributed by atoms with E-state index in [0.29, 0.717) is 6.04 Å². The largest absolute Gasteiger partial charge is 0.490 e. The number of carbonyl (C=O) groups excluding carboxylic acids is 2. The Labute approximate surface area is 185 Å². The third kappa shape index (κ3) is 11.5. The molecule has 0 unspecified atom stereocenters. The van der Waals surface area contributed by atoms with Gasteiger partial charge in [0.1, 0.15) is 0 Å².